The zero-order valence-corrected chi connectivity index (χ0v) is 12.8. The highest BCUT2D eigenvalue weighted by atomic mass is 16.5. The Morgan fingerprint density at radius 3 is 2.75 bits per heavy atom. The summed E-state index contributed by atoms with van der Waals surface area (Å²) in [6.07, 6.45) is 1.06. The first kappa shape index (κ1) is 14.9. The van der Waals surface area contributed by atoms with Gasteiger partial charge in [0.2, 0.25) is 5.88 Å². The van der Waals surface area contributed by atoms with Crippen LogP contribution in [-0.4, -0.2) is 34.9 Å². The Hall–Kier alpha value is -1.49. The van der Waals surface area contributed by atoms with Crippen LogP contribution in [0, 0.1) is 5.92 Å². The van der Waals surface area contributed by atoms with E-state index in [1.54, 1.807) is 0 Å². The molecule has 0 radical (unpaired) electrons. The van der Waals surface area contributed by atoms with Gasteiger partial charge in [-0.25, -0.2) is 0 Å². The van der Waals surface area contributed by atoms with E-state index in [0.717, 1.165) is 18.8 Å². The number of aromatic nitrogens is 1. The molecule has 3 N–H and O–H groups in total. The van der Waals surface area contributed by atoms with Crippen molar-refractivity contribution in [1.29, 1.82) is 0 Å². The molecule has 1 aliphatic rings. The Morgan fingerprint density at radius 1 is 1.45 bits per heavy atom. The van der Waals surface area contributed by atoms with Crippen LogP contribution in [0.25, 0.3) is 0 Å². The molecule has 0 bridgehead atoms. The van der Waals surface area contributed by atoms with Crippen LogP contribution in [0.5, 0.6) is 5.88 Å². The van der Waals surface area contributed by atoms with Gasteiger partial charge in [0, 0.05) is 6.54 Å². The summed E-state index contributed by atoms with van der Waals surface area (Å²) in [6.45, 7) is 9.10. The largest absolute Gasteiger partial charge is 0.470 e. The number of rotatable bonds is 3. The van der Waals surface area contributed by atoms with Gasteiger partial charge in [0.25, 0.3) is 0 Å². The van der Waals surface area contributed by atoms with Crippen molar-refractivity contribution in [2.24, 2.45) is 5.92 Å². The van der Waals surface area contributed by atoms with Gasteiger partial charge in [-0.15, -0.1) is 0 Å². The van der Waals surface area contributed by atoms with Crippen LogP contribution >= 0.6 is 0 Å². The standard InChI is InChI=1S/C15H25N3O2/c1-10-7-8-18(12(10)9-19)13-6-5-11(16)14(17-13)20-15(2,3)4/h5-6,10,12,19H,7-9,16H2,1-4H3. The van der Waals surface area contributed by atoms with Crippen molar-refractivity contribution in [2.75, 3.05) is 23.8 Å². The maximum absolute atomic E-state index is 9.55. The first-order chi connectivity index (χ1) is 9.31. The molecule has 0 amide bonds. The van der Waals surface area contributed by atoms with Crippen molar-refractivity contribution in [3.05, 3.63) is 12.1 Å². The van der Waals surface area contributed by atoms with Gasteiger partial charge < -0.3 is 20.5 Å². The highest BCUT2D eigenvalue weighted by Gasteiger charge is 2.31. The number of hydrogen-bond donors (Lipinski definition) is 2. The smallest absolute Gasteiger partial charge is 0.239 e. The number of ether oxygens (including phenoxy) is 1. The average molecular weight is 279 g/mol. The second kappa shape index (κ2) is 5.48. The molecule has 5 heteroatoms. The van der Waals surface area contributed by atoms with E-state index >= 15 is 0 Å². The maximum Gasteiger partial charge on any atom is 0.239 e. The molecule has 1 fully saturated rings. The summed E-state index contributed by atoms with van der Waals surface area (Å²) in [7, 11) is 0. The molecule has 0 saturated carbocycles. The van der Waals surface area contributed by atoms with E-state index in [2.05, 4.69) is 16.8 Å². The van der Waals surface area contributed by atoms with Gasteiger partial charge in [-0.1, -0.05) is 6.92 Å². The fraction of sp³-hybridized carbons (Fsp3) is 0.667. The highest BCUT2D eigenvalue weighted by molar-refractivity contribution is 5.55. The number of pyridine rings is 1. The topological polar surface area (TPSA) is 71.6 Å². The molecular formula is C15H25N3O2. The molecule has 2 heterocycles. The van der Waals surface area contributed by atoms with Crippen LogP contribution in [0.3, 0.4) is 0 Å². The number of nitrogens with zero attached hydrogens (tertiary/aromatic N) is 2. The normalized spacial score (nSPS) is 23.1. The van der Waals surface area contributed by atoms with E-state index < -0.39 is 0 Å². The van der Waals surface area contributed by atoms with Crippen molar-refractivity contribution in [2.45, 2.75) is 45.8 Å². The van der Waals surface area contributed by atoms with Crippen molar-refractivity contribution < 1.29 is 9.84 Å². The minimum atomic E-state index is -0.339. The molecule has 1 aliphatic heterocycles. The molecule has 0 aromatic carbocycles. The van der Waals surface area contributed by atoms with Crippen molar-refractivity contribution >= 4 is 11.5 Å². The van der Waals surface area contributed by atoms with Gasteiger partial charge in [0.05, 0.1) is 18.3 Å². The lowest BCUT2D eigenvalue weighted by Crippen LogP contribution is -2.36. The monoisotopic (exact) mass is 279 g/mol. The summed E-state index contributed by atoms with van der Waals surface area (Å²) >= 11 is 0. The molecular weight excluding hydrogens is 254 g/mol. The zero-order chi connectivity index (χ0) is 14.9. The van der Waals surface area contributed by atoms with Gasteiger partial charge in [0.1, 0.15) is 11.4 Å². The fourth-order valence-corrected chi connectivity index (χ4v) is 2.54. The van der Waals surface area contributed by atoms with Gasteiger partial charge in [-0.3, -0.25) is 0 Å². The van der Waals surface area contributed by atoms with Gasteiger partial charge in [0.15, 0.2) is 0 Å². The van der Waals surface area contributed by atoms with E-state index in [-0.39, 0.29) is 18.2 Å². The Labute approximate surface area is 120 Å². The van der Waals surface area contributed by atoms with Crippen molar-refractivity contribution in [1.82, 2.24) is 4.98 Å². The maximum atomic E-state index is 9.55. The van der Waals surface area contributed by atoms with E-state index in [1.807, 2.05) is 32.9 Å². The van der Waals surface area contributed by atoms with Crippen LogP contribution in [0.1, 0.15) is 34.1 Å². The van der Waals surface area contributed by atoms with Crippen molar-refractivity contribution in [3.8, 4) is 5.88 Å². The van der Waals surface area contributed by atoms with E-state index in [1.165, 1.54) is 0 Å². The third kappa shape index (κ3) is 3.15. The number of hydrogen-bond acceptors (Lipinski definition) is 5. The molecule has 1 aromatic rings. The van der Waals surface area contributed by atoms with Crippen LogP contribution in [0.15, 0.2) is 12.1 Å². The molecule has 5 nitrogen and oxygen atoms in total. The summed E-state index contributed by atoms with van der Waals surface area (Å²) in [4.78, 5) is 6.68. The average Bonchev–Trinajstić information content (AvgIpc) is 2.71. The minimum absolute atomic E-state index is 0.119. The number of nitrogens with two attached hydrogens (primary N) is 1. The second-order valence-electron chi connectivity index (χ2n) is 6.49. The summed E-state index contributed by atoms with van der Waals surface area (Å²) in [5.74, 6) is 1.75. The molecule has 1 aromatic heterocycles. The molecule has 112 valence electrons. The predicted octanol–water partition coefficient (Wildman–Crippen LogP) is 2.05. The fourth-order valence-electron chi connectivity index (χ4n) is 2.54. The van der Waals surface area contributed by atoms with Gasteiger partial charge >= 0.3 is 0 Å². The summed E-state index contributed by atoms with van der Waals surface area (Å²) in [5, 5.41) is 9.55. The molecule has 0 aliphatic carbocycles. The van der Waals surface area contributed by atoms with Gasteiger partial charge in [-0.05, 0) is 45.2 Å². The molecule has 2 atom stereocenters. The molecule has 2 rings (SSSR count). The van der Waals surface area contributed by atoms with Gasteiger partial charge in [-0.2, -0.15) is 4.98 Å². The lowest BCUT2D eigenvalue weighted by molar-refractivity contribution is 0.125. The van der Waals surface area contributed by atoms with E-state index in [4.69, 9.17) is 10.5 Å². The van der Waals surface area contributed by atoms with E-state index in [0.29, 0.717) is 17.5 Å². The number of anilines is 2. The van der Waals surface area contributed by atoms with E-state index in [9.17, 15) is 5.11 Å². The number of nitrogen functional groups attached to an aromatic ring is 1. The van der Waals surface area contributed by atoms with Crippen LogP contribution in [0.4, 0.5) is 11.5 Å². The minimum Gasteiger partial charge on any atom is -0.470 e. The SMILES string of the molecule is CC1CCN(c2ccc(N)c(OC(C)(C)C)n2)C1CO. The summed E-state index contributed by atoms with van der Waals surface area (Å²) in [5.41, 5.74) is 6.13. The lowest BCUT2D eigenvalue weighted by atomic mass is 10.0. The predicted molar refractivity (Wildman–Crippen MR) is 81.0 cm³/mol. The Kier molecular flexibility index (Phi) is 4.09. The third-order valence-corrected chi connectivity index (χ3v) is 3.64. The van der Waals surface area contributed by atoms with Crippen LogP contribution < -0.4 is 15.4 Å². The molecule has 1 saturated heterocycles. The Morgan fingerprint density at radius 2 is 2.15 bits per heavy atom. The number of aliphatic hydroxyl groups excluding tert-OH is 1. The molecule has 20 heavy (non-hydrogen) atoms. The summed E-state index contributed by atoms with van der Waals surface area (Å²) in [6, 6.07) is 3.83. The van der Waals surface area contributed by atoms with Crippen LogP contribution in [0.2, 0.25) is 0 Å². The lowest BCUT2D eigenvalue weighted by Gasteiger charge is -2.28. The Balaban J connectivity index is 2.27. The zero-order valence-electron chi connectivity index (χ0n) is 12.8. The summed E-state index contributed by atoms with van der Waals surface area (Å²) < 4.78 is 5.80. The van der Waals surface area contributed by atoms with Crippen molar-refractivity contribution in [3.63, 3.8) is 0 Å². The first-order valence-electron chi connectivity index (χ1n) is 7.15. The van der Waals surface area contributed by atoms with Crippen LogP contribution in [-0.2, 0) is 0 Å². The highest BCUT2D eigenvalue weighted by Crippen LogP contribution is 2.32. The third-order valence-electron chi connectivity index (χ3n) is 3.64. The first-order valence-corrected chi connectivity index (χ1v) is 7.15. The Bertz CT molecular complexity index is 471. The number of aliphatic hydroxyl groups is 1. The second-order valence-corrected chi connectivity index (χ2v) is 6.49. The molecule has 2 unspecified atom stereocenters. The quantitative estimate of drug-likeness (QED) is 0.886. The molecule has 0 spiro atoms.